The first kappa shape index (κ1) is 12.5. The Labute approximate surface area is 102 Å². The molecule has 2 heterocycles. The van der Waals surface area contributed by atoms with Crippen molar-refractivity contribution in [2.24, 2.45) is 0 Å². The summed E-state index contributed by atoms with van der Waals surface area (Å²) in [6.45, 7) is 1.75. The highest BCUT2D eigenvalue weighted by molar-refractivity contribution is 5.37. The minimum absolute atomic E-state index is 0.233. The summed E-state index contributed by atoms with van der Waals surface area (Å²) in [4.78, 5) is 3.18. The third-order valence-electron chi connectivity index (χ3n) is 2.36. The molecule has 6 heteroatoms. The molecule has 0 aromatic carbocycles. The summed E-state index contributed by atoms with van der Waals surface area (Å²) in [5.41, 5.74) is 0. The van der Waals surface area contributed by atoms with Gasteiger partial charge in [-0.15, -0.1) is 0 Å². The van der Waals surface area contributed by atoms with Crippen LogP contribution in [0.2, 0.25) is 0 Å². The highest BCUT2D eigenvalue weighted by atomic mass is 19.2. The van der Waals surface area contributed by atoms with Crippen LogP contribution in [0.3, 0.4) is 0 Å². The van der Waals surface area contributed by atoms with Crippen LogP contribution in [0.1, 0.15) is 12.7 Å². The molecule has 0 aliphatic heterocycles. The summed E-state index contributed by atoms with van der Waals surface area (Å²) >= 11 is 0. The van der Waals surface area contributed by atoms with Gasteiger partial charge in [-0.2, -0.15) is 9.37 Å². The van der Waals surface area contributed by atoms with Gasteiger partial charge in [0.15, 0.2) is 17.5 Å². The second-order valence-electron chi connectivity index (χ2n) is 3.92. The molecule has 0 amide bonds. The molecule has 0 bridgehead atoms. The normalized spacial score (nSPS) is 12.4. The zero-order chi connectivity index (χ0) is 13.1. The van der Waals surface area contributed by atoms with E-state index in [0.29, 0.717) is 18.2 Å². The monoisotopic (exact) mass is 256 g/mol. The van der Waals surface area contributed by atoms with Crippen molar-refractivity contribution in [1.82, 2.24) is 4.98 Å². The molecule has 1 unspecified atom stereocenters. The van der Waals surface area contributed by atoms with E-state index >= 15 is 0 Å². The van der Waals surface area contributed by atoms with Gasteiger partial charge < -0.3 is 9.73 Å². The quantitative estimate of drug-likeness (QED) is 0.854. The van der Waals surface area contributed by atoms with E-state index in [2.05, 4.69) is 10.3 Å². The van der Waals surface area contributed by atoms with Crippen LogP contribution in [0.15, 0.2) is 28.9 Å². The molecule has 1 atom stereocenters. The number of hydrogen-bond donors (Lipinski definition) is 1. The van der Waals surface area contributed by atoms with E-state index in [1.54, 1.807) is 19.1 Å². The molecule has 0 fully saturated rings. The number of pyridine rings is 1. The summed E-state index contributed by atoms with van der Waals surface area (Å²) in [5.74, 6) is -3.17. The predicted molar refractivity (Wildman–Crippen MR) is 59.6 cm³/mol. The van der Waals surface area contributed by atoms with Gasteiger partial charge in [0.1, 0.15) is 5.76 Å². The zero-order valence-electron chi connectivity index (χ0n) is 9.58. The SMILES string of the molecule is CC(Cc1ccco1)Nc1nc(F)c(F)cc1F. The van der Waals surface area contributed by atoms with Crippen LogP contribution in [0.4, 0.5) is 19.0 Å². The fourth-order valence-electron chi connectivity index (χ4n) is 1.56. The minimum atomic E-state index is -1.33. The van der Waals surface area contributed by atoms with Gasteiger partial charge in [0.05, 0.1) is 6.26 Å². The molecule has 3 nitrogen and oxygen atoms in total. The van der Waals surface area contributed by atoms with Gasteiger partial charge >= 0.3 is 0 Å². The van der Waals surface area contributed by atoms with Gasteiger partial charge in [-0.3, -0.25) is 0 Å². The number of anilines is 1. The van der Waals surface area contributed by atoms with Crippen molar-refractivity contribution in [2.75, 3.05) is 5.32 Å². The van der Waals surface area contributed by atoms with E-state index < -0.39 is 17.6 Å². The van der Waals surface area contributed by atoms with Crippen molar-refractivity contribution >= 4 is 5.82 Å². The molecule has 0 radical (unpaired) electrons. The Balaban J connectivity index is 2.07. The van der Waals surface area contributed by atoms with E-state index in [0.717, 1.165) is 0 Å². The Morgan fingerprint density at radius 1 is 1.33 bits per heavy atom. The Hall–Kier alpha value is -1.98. The summed E-state index contributed by atoms with van der Waals surface area (Å²) in [7, 11) is 0. The number of aromatic nitrogens is 1. The smallest absolute Gasteiger partial charge is 0.251 e. The third kappa shape index (κ3) is 2.82. The Morgan fingerprint density at radius 3 is 2.78 bits per heavy atom. The summed E-state index contributed by atoms with van der Waals surface area (Å²) < 4.78 is 44.0. The van der Waals surface area contributed by atoms with Gasteiger partial charge in [-0.1, -0.05) is 0 Å². The summed E-state index contributed by atoms with van der Waals surface area (Å²) in [6.07, 6.45) is 2.01. The molecule has 2 rings (SSSR count). The van der Waals surface area contributed by atoms with Gasteiger partial charge in [0.25, 0.3) is 5.95 Å². The van der Waals surface area contributed by atoms with Crippen LogP contribution in [-0.4, -0.2) is 11.0 Å². The van der Waals surface area contributed by atoms with Crippen molar-refractivity contribution in [3.8, 4) is 0 Å². The van der Waals surface area contributed by atoms with Crippen LogP contribution < -0.4 is 5.32 Å². The molecule has 0 saturated carbocycles. The van der Waals surface area contributed by atoms with Crippen molar-refractivity contribution in [2.45, 2.75) is 19.4 Å². The van der Waals surface area contributed by atoms with Gasteiger partial charge in [-0.25, -0.2) is 8.78 Å². The van der Waals surface area contributed by atoms with Gasteiger partial charge in [0.2, 0.25) is 0 Å². The zero-order valence-corrected chi connectivity index (χ0v) is 9.58. The Bertz CT molecular complexity index is 528. The molecular weight excluding hydrogens is 245 g/mol. The van der Waals surface area contributed by atoms with Gasteiger partial charge in [-0.05, 0) is 19.1 Å². The van der Waals surface area contributed by atoms with Crippen LogP contribution >= 0.6 is 0 Å². The predicted octanol–water partition coefficient (Wildman–Crippen LogP) is 3.14. The molecule has 0 spiro atoms. The lowest BCUT2D eigenvalue weighted by Crippen LogP contribution is -2.20. The molecule has 0 saturated heterocycles. The molecular formula is C12H11F3N2O. The number of hydrogen-bond acceptors (Lipinski definition) is 3. The van der Waals surface area contributed by atoms with Crippen molar-refractivity contribution < 1.29 is 17.6 Å². The number of halogens is 3. The van der Waals surface area contributed by atoms with Crippen molar-refractivity contribution in [3.63, 3.8) is 0 Å². The van der Waals surface area contributed by atoms with Crippen molar-refractivity contribution in [1.29, 1.82) is 0 Å². The Morgan fingerprint density at radius 2 is 2.11 bits per heavy atom. The maximum Gasteiger partial charge on any atom is 0.251 e. The lowest BCUT2D eigenvalue weighted by molar-refractivity contribution is 0.464. The molecule has 0 aliphatic carbocycles. The first-order valence-electron chi connectivity index (χ1n) is 5.36. The lowest BCUT2D eigenvalue weighted by atomic mass is 10.2. The number of rotatable bonds is 4. The van der Waals surface area contributed by atoms with E-state index in [4.69, 9.17) is 4.42 Å². The van der Waals surface area contributed by atoms with E-state index in [1.807, 2.05) is 0 Å². The van der Waals surface area contributed by atoms with Crippen LogP contribution in [-0.2, 0) is 6.42 Å². The number of nitrogens with zero attached hydrogens (tertiary/aromatic N) is 1. The van der Waals surface area contributed by atoms with E-state index in [1.165, 1.54) is 6.26 Å². The second-order valence-corrected chi connectivity index (χ2v) is 3.92. The summed E-state index contributed by atoms with van der Waals surface area (Å²) in [5, 5.41) is 2.66. The minimum Gasteiger partial charge on any atom is -0.469 e. The largest absolute Gasteiger partial charge is 0.469 e. The topological polar surface area (TPSA) is 38.1 Å². The third-order valence-corrected chi connectivity index (χ3v) is 2.36. The maximum absolute atomic E-state index is 13.3. The first-order valence-corrected chi connectivity index (χ1v) is 5.36. The molecule has 96 valence electrons. The molecule has 1 N–H and O–H groups in total. The highest BCUT2D eigenvalue weighted by Gasteiger charge is 2.14. The summed E-state index contributed by atoms with van der Waals surface area (Å²) in [6, 6.07) is 3.73. The Kier molecular flexibility index (Phi) is 3.55. The fourth-order valence-corrected chi connectivity index (χ4v) is 1.56. The number of furan rings is 1. The van der Waals surface area contributed by atoms with E-state index in [-0.39, 0.29) is 11.9 Å². The molecule has 2 aromatic rings. The van der Waals surface area contributed by atoms with Crippen LogP contribution in [0.5, 0.6) is 0 Å². The standard InChI is InChI=1S/C12H11F3N2O/c1-7(5-8-3-2-4-18-8)16-12-10(14)6-9(13)11(15)17-12/h2-4,6-7H,5H2,1H3,(H,16,17). The molecule has 18 heavy (non-hydrogen) atoms. The highest BCUT2D eigenvalue weighted by Crippen LogP contribution is 2.16. The lowest BCUT2D eigenvalue weighted by Gasteiger charge is -2.13. The van der Waals surface area contributed by atoms with Crippen LogP contribution in [0, 0.1) is 17.6 Å². The number of nitrogens with one attached hydrogen (secondary N) is 1. The molecule has 2 aromatic heterocycles. The van der Waals surface area contributed by atoms with E-state index in [9.17, 15) is 13.2 Å². The second kappa shape index (κ2) is 5.12. The maximum atomic E-state index is 13.3. The average Bonchev–Trinajstić information content (AvgIpc) is 2.78. The first-order chi connectivity index (χ1) is 8.56. The van der Waals surface area contributed by atoms with Crippen molar-refractivity contribution in [3.05, 3.63) is 47.8 Å². The molecule has 0 aliphatic rings. The average molecular weight is 256 g/mol. The fraction of sp³-hybridized carbons (Fsp3) is 0.250. The van der Waals surface area contributed by atoms with Gasteiger partial charge in [0, 0.05) is 18.5 Å². The van der Waals surface area contributed by atoms with Crippen LogP contribution in [0.25, 0.3) is 0 Å².